The molecule has 2 N–H and O–H groups in total. The van der Waals surface area contributed by atoms with E-state index in [0.717, 1.165) is 33.9 Å². The van der Waals surface area contributed by atoms with Gasteiger partial charge >= 0.3 is 0 Å². The van der Waals surface area contributed by atoms with E-state index in [1.54, 1.807) is 6.07 Å². The number of hydrogen-bond donors (Lipinski definition) is 2. The first kappa shape index (κ1) is 17.0. The van der Waals surface area contributed by atoms with Crippen LogP contribution in [0, 0.1) is 6.92 Å². The fraction of sp³-hybridized carbons (Fsp3) is 0.227. The van der Waals surface area contributed by atoms with Crippen LogP contribution >= 0.6 is 0 Å². The molecule has 0 fully saturated rings. The van der Waals surface area contributed by atoms with Crippen molar-refractivity contribution in [1.82, 2.24) is 5.32 Å². The number of rotatable bonds is 5. The summed E-state index contributed by atoms with van der Waals surface area (Å²) < 4.78 is 0. The third-order valence-corrected chi connectivity index (χ3v) is 4.43. The Balaban J connectivity index is 2.15. The van der Waals surface area contributed by atoms with E-state index in [1.807, 2.05) is 68.4 Å². The number of phenols is 1. The molecule has 1 amide bonds. The number of aromatic hydroxyl groups is 1. The largest absolute Gasteiger partial charge is 0.508 e. The molecule has 3 nitrogen and oxygen atoms in total. The van der Waals surface area contributed by atoms with E-state index in [4.69, 9.17) is 0 Å². The molecule has 0 bridgehead atoms. The molecule has 0 spiro atoms. The van der Waals surface area contributed by atoms with Crippen molar-refractivity contribution in [3.63, 3.8) is 0 Å². The van der Waals surface area contributed by atoms with Gasteiger partial charge in [-0.25, -0.2) is 0 Å². The molecule has 0 heterocycles. The predicted molar refractivity (Wildman–Crippen MR) is 102 cm³/mol. The lowest BCUT2D eigenvalue weighted by Gasteiger charge is -2.23. The van der Waals surface area contributed by atoms with Crippen LogP contribution in [0.4, 0.5) is 0 Å². The summed E-state index contributed by atoms with van der Waals surface area (Å²) in [6.07, 6.45) is 1.25. The highest BCUT2D eigenvalue weighted by Crippen LogP contribution is 2.36. The van der Waals surface area contributed by atoms with Crippen molar-refractivity contribution in [2.45, 2.75) is 32.7 Å². The van der Waals surface area contributed by atoms with Crippen LogP contribution in [0.2, 0.25) is 0 Å². The SMILES string of the molecule is CCCC(=O)N[C@@H](c1ccc(C)cc1)c1c(O)ccc2ccccc12. The van der Waals surface area contributed by atoms with Crippen molar-refractivity contribution in [2.24, 2.45) is 0 Å². The first-order valence-electron chi connectivity index (χ1n) is 8.66. The molecule has 0 saturated heterocycles. The van der Waals surface area contributed by atoms with Gasteiger partial charge in [0.25, 0.3) is 0 Å². The van der Waals surface area contributed by atoms with Crippen LogP contribution in [0.5, 0.6) is 5.75 Å². The van der Waals surface area contributed by atoms with E-state index in [0.29, 0.717) is 6.42 Å². The molecule has 0 aliphatic carbocycles. The normalized spacial score (nSPS) is 12.1. The number of aryl methyl sites for hydroxylation is 1. The van der Waals surface area contributed by atoms with Crippen molar-refractivity contribution in [3.05, 3.63) is 77.4 Å². The molecule has 0 radical (unpaired) electrons. The number of benzene rings is 3. The molecule has 1 atom stereocenters. The lowest BCUT2D eigenvalue weighted by molar-refractivity contribution is -0.121. The first-order valence-corrected chi connectivity index (χ1v) is 8.66. The molecule has 128 valence electrons. The highest BCUT2D eigenvalue weighted by Gasteiger charge is 2.22. The second-order valence-electron chi connectivity index (χ2n) is 6.38. The van der Waals surface area contributed by atoms with Crippen LogP contribution in [0.15, 0.2) is 60.7 Å². The molecule has 0 saturated carbocycles. The van der Waals surface area contributed by atoms with Gasteiger partial charge in [-0.05, 0) is 35.7 Å². The molecule has 3 rings (SSSR count). The van der Waals surface area contributed by atoms with Crippen LogP contribution in [0.1, 0.15) is 42.5 Å². The summed E-state index contributed by atoms with van der Waals surface area (Å²) in [5, 5.41) is 15.7. The maximum atomic E-state index is 12.3. The van der Waals surface area contributed by atoms with Gasteiger partial charge in [0.05, 0.1) is 6.04 Å². The Kier molecular flexibility index (Phi) is 5.03. The van der Waals surface area contributed by atoms with Gasteiger partial charge in [-0.3, -0.25) is 4.79 Å². The van der Waals surface area contributed by atoms with Crippen molar-refractivity contribution < 1.29 is 9.90 Å². The van der Waals surface area contributed by atoms with E-state index < -0.39 is 0 Å². The zero-order valence-corrected chi connectivity index (χ0v) is 14.6. The quantitative estimate of drug-likeness (QED) is 0.700. The lowest BCUT2D eigenvalue weighted by atomic mass is 9.92. The van der Waals surface area contributed by atoms with E-state index in [2.05, 4.69) is 5.32 Å². The maximum Gasteiger partial charge on any atom is 0.220 e. The predicted octanol–water partition coefficient (Wildman–Crippen LogP) is 4.86. The van der Waals surface area contributed by atoms with Gasteiger partial charge in [-0.15, -0.1) is 0 Å². The standard InChI is InChI=1S/C22H23NO2/c1-3-6-20(25)23-22(17-11-9-15(2)10-12-17)21-18-8-5-4-7-16(18)13-14-19(21)24/h4-5,7-14,22,24H,3,6H2,1-2H3,(H,23,25)/t22-/m0/s1. The Hall–Kier alpha value is -2.81. The van der Waals surface area contributed by atoms with Crippen molar-refractivity contribution in [2.75, 3.05) is 0 Å². The topological polar surface area (TPSA) is 49.3 Å². The molecule has 0 unspecified atom stereocenters. The van der Waals surface area contributed by atoms with Crippen molar-refractivity contribution in [1.29, 1.82) is 0 Å². The second-order valence-corrected chi connectivity index (χ2v) is 6.38. The minimum Gasteiger partial charge on any atom is -0.508 e. The summed E-state index contributed by atoms with van der Waals surface area (Å²) in [4.78, 5) is 12.3. The van der Waals surface area contributed by atoms with Gasteiger partial charge in [-0.2, -0.15) is 0 Å². The summed E-state index contributed by atoms with van der Waals surface area (Å²) in [6.45, 7) is 4.01. The van der Waals surface area contributed by atoms with E-state index in [-0.39, 0.29) is 17.7 Å². The Labute approximate surface area is 148 Å². The molecule has 0 aromatic heterocycles. The number of hydrogen-bond acceptors (Lipinski definition) is 2. The monoisotopic (exact) mass is 333 g/mol. The van der Waals surface area contributed by atoms with Gasteiger partial charge in [-0.1, -0.05) is 67.1 Å². The van der Waals surface area contributed by atoms with E-state index >= 15 is 0 Å². The van der Waals surface area contributed by atoms with Gasteiger partial charge in [0.1, 0.15) is 5.75 Å². The summed E-state index contributed by atoms with van der Waals surface area (Å²) in [5.41, 5.74) is 2.86. The Morgan fingerprint density at radius 2 is 1.76 bits per heavy atom. The number of nitrogens with one attached hydrogen (secondary N) is 1. The number of carbonyl (C=O) groups excluding carboxylic acids is 1. The average molecular weight is 333 g/mol. The lowest BCUT2D eigenvalue weighted by Crippen LogP contribution is -2.29. The molecule has 3 aromatic rings. The average Bonchev–Trinajstić information content (AvgIpc) is 2.61. The summed E-state index contributed by atoms with van der Waals surface area (Å²) in [6, 6.07) is 19.2. The third-order valence-electron chi connectivity index (χ3n) is 4.43. The number of amides is 1. The third kappa shape index (κ3) is 3.66. The summed E-state index contributed by atoms with van der Waals surface area (Å²) in [5.74, 6) is 0.182. The van der Waals surface area contributed by atoms with Crippen LogP contribution in [-0.2, 0) is 4.79 Å². The van der Waals surface area contributed by atoms with Crippen LogP contribution in [0.3, 0.4) is 0 Å². The van der Waals surface area contributed by atoms with Crippen LogP contribution in [0.25, 0.3) is 10.8 Å². The first-order chi connectivity index (χ1) is 12.1. The van der Waals surface area contributed by atoms with Crippen molar-refractivity contribution >= 4 is 16.7 Å². The molecule has 0 aliphatic rings. The molecular weight excluding hydrogens is 310 g/mol. The van der Waals surface area contributed by atoms with Gasteiger partial charge in [0.2, 0.25) is 5.91 Å². The smallest absolute Gasteiger partial charge is 0.220 e. The maximum absolute atomic E-state index is 12.3. The van der Waals surface area contributed by atoms with Crippen molar-refractivity contribution in [3.8, 4) is 5.75 Å². The second kappa shape index (κ2) is 7.39. The number of carbonyl (C=O) groups is 1. The molecular formula is C22H23NO2. The minimum absolute atomic E-state index is 0.0135. The minimum atomic E-state index is -0.384. The fourth-order valence-electron chi connectivity index (χ4n) is 3.13. The fourth-order valence-corrected chi connectivity index (χ4v) is 3.13. The molecule has 3 heteroatoms. The highest BCUT2D eigenvalue weighted by molar-refractivity contribution is 5.89. The van der Waals surface area contributed by atoms with Gasteiger partial charge in [0, 0.05) is 12.0 Å². The van der Waals surface area contributed by atoms with Gasteiger partial charge in [0.15, 0.2) is 0 Å². The summed E-state index contributed by atoms with van der Waals surface area (Å²) >= 11 is 0. The van der Waals surface area contributed by atoms with E-state index in [1.165, 1.54) is 0 Å². The van der Waals surface area contributed by atoms with Crippen LogP contribution in [-0.4, -0.2) is 11.0 Å². The molecule has 0 aliphatic heterocycles. The Morgan fingerprint density at radius 3 is 2.48 bits per heavy atom. The zero-order valence-electron chi connectivity index (χ0n) is 14.6. The zero-order chi connectivity index (χ0) is 17.8. The molecule has 3 aromatic carbocycles. The Bertz CT molecular complexity index is 884. The number of phenolic OH excluding ortho intramolecular Hbond substituents is 1. The van der Waals surface area contributed by atoms with Gasteiger partial charge < -0.3 is 10.4 Å². The van der Waals surface area contributed by atoms with Crippen LogP contribution < -0.4 is 5.32 Å². The van der Waals surface area contributed by atoms with E-state index in [9.17, 15) is 9.90 Å². The molecule has 25 heavy (non-hydrogen) atoms. The number of fused-ring (bicyclic) bond motifs is 1. The Morgan fingerprint density at radius 1 is 1.04 bits per heavy atom. The summed E-state index contributed by atoms with van der Waals surface area (Å²) in [7, 11) is 0. The highest BCUT2D eigenvalue weighted by atomic mass is 16.3.